The van der Waals surface area contributed by atoms with E-state index in [2.05, 4.69) is 32.6 Å². The van der Waals surface area contributed by atoms with E-state index in [9.17, 15) is 14.4 Å². The number of hydrogen-bond donors (Lipinski definition) is 0. The molecule has 1 atom stereocenters. The van der Waals surface area contributed by atoms with Crippen molar-refractivity contribution in [3.63, 3.8) is 0 Å². The Morgan fingerprint density at radius 3 is 1.76 bits per heavy atom. The fourth-order valence-electron chi connectivity index (χ4n) is 5.46. The van der Waals surface area contributed by atoms with Gasteiger partial charge in [0, 0.05) is 17.5 Å². The van der Waals surface area contributed by atoms with Gasteiger partial charge in [-0.2, -0.15) is 0 Å². The van der Waals surface area contributed by atoms with Crippen molar-refractivity contribution >= 4 is 17.9 Å². The second-order valence-electron chi connectivity index (χ2n) is 12.2. The number of cyclic esters (lactones) is 3. The molecule has 0 radical (unpaired) electrons. The van der Waals surface area contributed by atoms with Gasteiger partial charge in [0.1, 0.15) is 19.8 Å². The van der Waals surface area contributed by atoms with Crippen LogP contribution >= 0.6 is 0 Å². The van der Waals surface area contributed by atoms with Gasteiger partial charge in [0.25, 0.3) is 0 Å². The molecule has 4 heterocycles. The first-order valence-corrected chi connectivity index (χ1v) is 16.1. The number of esters is 3. The van der Waals surface area contributed by atoms with Crippen LogP contribution in [0.25, 0.3) is 0 Å². The molecule has 0 spiro atoms. The molecule has 8 rings (SSSR count). The zero-order valence-electron chi connectivity index (χ0n) is 28.5. The van der Waals surface area contributed by atoms with E-state index in [-0.39, 0.29) is 25.3 Å². The maximum atomic E-state index is 11.1. The highest BCUT2D eigenvalue weighted by atomic mass is 16.5. The van der Waals surface area contributed by atoms with Gasteiger partial charge in [0.15, 0.2) is 0 Å². The first kappa shape index (κ1) is 38.3. The van der Waals surface area contributed by atoms with E-state index < -0.39 is 0 Å². The number of fused-ring (bicyclic) bond motifs is 3. The number of carbonyl (C=O) groups is 3. The maximum absolute atomic E-state index is 11.1. The summed E-state index contributed by atoms with van der Waals surface area (Å²) in [6, 6.07) is 27.7. The van der Waals surface area contributed by atoms with Crippen LogP contribution in [0.4, 0.5) is 0 Å². The largest absolute Gasteiger partial charge is 0.498 e. The normalized spacial score (nSPS) is 15.8. The quantitative estimate of drug-likeness (QED) is 0.137. The third kappa shape index (κ3) is 10.9. The van der Waals surface area contributed by atoms with E-state index in [1.807, 2.05) is 87.5 Å². The molecule has 0 aliphatic carbocycles. The summed E-state index contributed by atoms with van der Waals surface area (Å²) in [4.78, 5) is 33.0. The van der Waals surface area contributed by atoms with E-state index in [1.54, 1.807) is 6.07 Å². The summed E-state index contributed by atoms with van der Waals surface area (Å²) in [7, 11) is 0. The van der Waals surface area contributed by atoms with Gasteiger partial charge in [-0.25, -0.2) is 9.59 Å². The van der Waals surface area contributed by atoms with Crippen molar-refractivity contribution in [1.29, 1.82) is 0 Å². The fourth-order valence-corrected chi connectivity index (χ4v) is 5.46. The Hall–Kier alpha value is -5.17. The number of hydrogen-bond acceptors (Lipinski definition) is 7. The Morgan fingerprint density at radius 1 is 0.612 bits per heavy atom. The summed E-state index contributed by atoms with van der Waals surface area (Å²) in [5.74, 6) is 1.17. The van der Waals surface area contributed by atoms with Crippen LogP contribution < -0.4 is 0 Å². The van der Waals surface area contributed by atoms with Gasteiger partial charge >= 0.3 is 17.9 Å². The Bertz CT molecular complexity index is 1760. The highest BCUT2D eigenvalue weighted by Gasteiger charge is 2.23. The van der Waals surface area contributed by atoms with Gasteiger partial charge in [-0.3, -0.25) is 4.79 Å². The van der Waals surface area contributed by atoms with Crippen molar-refractivity contribution in [2.75, 3.05) is 6.61 Å². The molecule has 4 aromatic carbocycles. The summed E-state index contributed by atoms with van der Waals surface area (Å²) >= 11 is 0. The summed E-state index contributed by atoms with van der Waals surface area (Å²) in [5.41, 5.74) is 10.5. The minimum atomic E-state index is -0.191. The maximum Gasteiger partial charge on any atom is 0.339 e. The Morgan fingerprint density at radius 2 is 1.20 bits per heavy atom. The highest BCUT2D eigenvalue weighted by Crippen LogP contribution is 2.24. The van der Waals surface area contributed by atoms with Crippen molar-refractivity contribution in [1.82, 2.24) is 0 Å². The molecular weight excluding hydrogens is 616 g/mol. The lowest BCUT2D eigenvalue weighted by Gasteiger charge is -2.17. The second kappa shape index (κ2) is 18.4. The average molecular weight is 665 g/mol. The van der Waals surface area contributed by atoms with E-state index in [4.69, 9.17) is 18.9 Å². The van der Waals surface area contributed by atoms with Crippen molar-refractivity contribution in [3.05, 3.63) is 153 Å². The van der Waals surface area contributed by atoms with E-state index >= 15 is 0 Å². The Kier molecular flexibility index (Phi) is 14.4. The molecular formula is C42H48O7. The zero-order valence-corrected chi connectivity index (χ0v) is 28.5. The standard InChI is InChI=1S/C10H10O2.2C9H8O2.C7H8.C6H10O.CH4/c1-7-3-2-4-8-6-12-10(11)5-9(7)8;1-6-3-2-4-7-8(6)5-11-9(7)10;1-6-3-2-4-7-5-11-9(10)8(6)7;1-7-5-3-2-4-6-7;1-5-3-6(2)7-4-5;/h2-4H,5-6H2,1H3;2*2-4H,5H2,1H3;2-6H,1H3;5H,2-4H2,1H3;1H4. The smallest absolute Gasteiger partial charge is 0.339 e. The third-order valence-electron chi connectivity index (χ3n) is 8.21. The van der Waals surface area contributed by atoms with Gasteiger partial charge in [0.2, 0.25) is 0 Å². The van der Waals surface area contributed by atoms with Crippen molar-refractivity contribution < 1.29 is 33.3 Å². The van der Waals surface area contributed by atoms with Crippen LogP contribution in [0.2, 0.25) is 0 Å². The molecule has 7 heteroatoms. The molecule has 1 fully saturated rings. The molecule has 1 unspecified atom stereocenters. The van der Waals surface area contributed by atoms with Crippen molar-refractivity contribution in [2.45, 2.75) is 74.7 Å². The van der Waals surface area contributed by atoms with Crippen LogP contribution in [0.5, 0.6) is 0 Å². The predicted molar refractivity (Wildman–Crippen MR) is 192 cm³/mol. The molecule has 1 saturated heterocycles. The van der Waals surface area contributed by atoms with Crippen LogP contribution in [0, 0.1) is 33.6 Å². The number of carbonyl (C=O) groups excluding carboxylic acids is 3. The molecule has 0 amide bonds. The number of allylic oxidation sites excluding steroid dienone is 1. The number of aryl methyl sites for hydroxylation is 4. The molecule has 4 aliphatic rings. The van der Waals surface area contributed by atoms with Gasteiger partial charge in [-0.05, 0) is 67.5 Å². The topological polar surface area (TPSA) is 88.1 Å². The predicted octanol–water partition coefficient (Wildman–Crippen LogP) is 9.11. The summed E-state index contributed by atoms with van der Waals surface area (Å²) in [6.45, 7) is 16.1. The lowest BCUT2D eigenvalue weighted by atomic mass is 9.98. The second-order valence-corrected chi connectivity index (χ2v) is 12.2. The number of benzene rings is 4. The molecule has 4 aliphatic heterocycles. The average Bonchev–Trinajstić information content (AvgIpc) is 3.78. The lowest BCUT2D eigenvalue weighted by molar-refractivity contribution is -0.145. The molecule has 258 valence electrons. The first-order chi connectivity index (χ1) is 23.0. The van der Waals surface area contributed by atoms with Crippen LogP contribution in [0.1, 0.15) is 86.0 Å². The van der Waals surface area contributed by atoms with Crippen LogP contribution in [0.3, 0.4) is 0 Å². The van der Waals surface area contributed by atoms with Crippen LogP contribution in [-0.2, 0) is 50.0 Å². The summed E-state index contributed by atoms with van der Waals surface area (Å²) < 4.78 is 19.7. The third-order valence-corrected chi connectivity index (χ3v) is 8.21. The zero-order chi connectivity index (χ0) is 34.6. The van der Waals surface area contributed by atoms with E-state index in [1.165, 1.54) is 11.1 Å². The van der Waals surface area contributed by atoms with Gasteiger partial charge in [-0.1, -0.05) is 105 Å². The summed E-state index contributed by atoms with van der Waals surface area (Å²) in [6.07, 6.45) is 1.49. The minimum absolute atomic E-state index is 0. The fraction of sp³-hybridized carbons (Fsp3) is 0.310. The molecule has 0 aromatic heterocycles. The Labute approximate surface area is 290 Å². The molecule has 0 saturated carbocycles. The molecule has 7 nitrogen and oxygen atoms in total. The molecule has 0 bridgehead atoms. The Balaban J connectivity index is 0.000000168. The van der Waals surface area contributed by atoms with Gasteiger partial charge in [0.05, 0.1) is 29.9 Å². The van der Waals surface area contributed by atoms with E-state index in [0.717, 1.165) is 63.3 Å². The highest BCUT2D eigenvalue weighted by molar-refractivity contribution is 5.95. The van der Waals surface area contributed by atoms with Gasteiger partial charge in [-0.15, -0.1) is 0 Å². The molecule has 0 N–H and O–H groups in total. The summed E-state index contributed by atoms with van der Waals surface area (Å²) in [5, 5.41) is 0. The van der Waals surface area contributed by atoms with Gasteiger partial charge < -0.3 is 18.9 Å². The minimum Gasteiger partial charge on any atom is -0.498 e. The monoisotopic (exact) mass is 664 g/mol. The van der Waals surface area contributed by atoms with Crippen molar-refractivity contribution in [2.24, 2.45) is 5.92 Å². The van der Waals surface area contributed by atoms with Crippen molar-refractivity contribution in [3.8, 4) is 0 Å². The number of ether oxygens (including phenoxy) is 4. The first-order valence-electron chi connectivity index (χ1n) is 16.1. The number of rotatable bonds is 0. The molecule has 49 heavy (non-hydrogen) atoms. The van der Waals surface area contributed by atoms with E-state index in [0.29, 0.717) is 32.2 Å². The lowest BCUT2D eigenvalue weighted by Crippen LogP contribution is -2.17. The van der Waals surface area contributed by atoms with Crippen LogP contribution in [-0.4, -0.2) is 24.5 Å². The molecule has 4 aromatic rings. The van der Waals surface area contributed by atoms with Crippen LogP contribution in [0.15, 0.2) is 97.3 Å². The SMILES string of the molecule is C.C=C1CC(C)CO1.Cc1cccc2c1C(=O)OC2.Cc1cccc2c1CC(=O)OC2.Cc1cccc2c1COC2=O.Cc1ccccc1.